The van der Waals surface area contributed by atoms with Gasteiger partial charge in [0.15, 0.2) is 0 Å². The van der Waals surface area contributed by atoms with Crippen molar-refractivity contribution in [2.24, 2.45) is 5.92 Å². The van der Waals surface area contributed by atoms with Gasteiger partial charge in [0.25, 0.3) is 0 Å². The molecule has 1 unspecified atom stereocenters. The molecule has 0 aliphatic rings. The second kappa shape index (κ2) is 14.1. The van der Waals surface area contributed by atoms with Crippen LogP contribution in [0.15, 0.2) is 77.7 Å². The topological polar surface area (TPSA) is 76.7 Å². The summed E-state index contributed by atoms with van der Waals surface area (Å²) in [5.74, 6) is 2.02. The maximum Gasteiger partial charge on any atom is 0.242 e. The first-order valence-corrected chi connectivity index (χ1v) is 14.2. The number of benzene rings is 3. The van der Waals surface area contributed by atoms with E-state index in [1.807, 2.05) is 67.6 Å². The van der Waals surface area contributed by atoms with Crippen molar-refractivity contribution in [2.45, 2.75) is 55.7 Å². The zero-order chi connectivity index (χ0) is 28.4. The predicted octanol–water partition coefficient (Wildman–Crippen LogP) is 5.77. The van der Waals surface area contributed by atoms with Crippen molar-refractivity contribution in [3.05, 3.63) is 89.5 Å². The van der Waals surface area contributed by atoms with E-state index >= 15 is 0 Å². The van der Waals surface area contributed by atoms with E-state index in [1.165, 1.54) is 5.56 Å². The molecule has 0 saturated carbocycles. The van der Waals surface area contributed by atoms with Gasteiger partial charge in [-0.3, -0.25) is 9.59 Å². The molecule has 3 aromatic carbocycles. The molecule has 6 nitrogen and oxygen atoms in total. The molecule has 2 amide bonds. The number of rotatable bonds is 13. The first-order valence-electron chi connectivity index (χ1n) is 13.2. The van der Waals surface area contributed by atoms with Crippen LogP contribution >= 0.6 is 11.8 Å². The highest BCUT2D eigenvalue weighted by atomic mass is 32.2. The summed E-state index contributed by atoms with van der Waals surface area (Å²) < 4.78 is 11.0. The first-order chi connectivity index (χ1) is 18.7. The Kier molecular flexibility index (Phi) is 10.9. The molecule has 0 saturated heterocycles. The fourth-order valence-electron chi connectivity index (χ4n) is 4.83. The van der Waals surface area contributed by atoms with Crippen molar-refractivity contribution in [3.8, 4) is 11.5 Å². The molecule has 0 fully saturated rings. The van der Waals surface area contributed by atoms with Crippen molar-refractivity contribution in [1.82, 2.24) is 10.6 Å². The largest absolute Gasteiger partial charge is 0.497 e. The molecule has 39 heavy (non-hydrogen) atoms. The van der Waals surface area contributed by atoms with Crippen LogP contribution in [0.1, 0.15) is 43.9 Å². The summed E-state index contributed by atoms with van der Waals surface area (Å²) in [5.41, 5.74) is 2.12. The molecular formula is C32H40N2O4S. The van der Waals surface area contributed by atoms with Crippen molar-refractivity contribution in [1.29, 1.82) is 0 Å². The maximum absolute atomic E-state index is 14.2. The Morgan fingerprint density at radius 3 is 2.18 bits per heavy atom. The van der Waals surface area contributed by atoms with Crippen LogP contribution < -0.4 is 20.1 Å². The number of methoxy groups -OCH3 is 2. The number of carbonyl (C=O) groups excluding carboxylic acids is 2. The third-order valence-electron chi connectivity index (χ3n) is 6.80. The fraction of sp³-hybridized carbons (Fsp3) is 0.375. The number of hydrogen-bond donors (Lipinski definition) is 2. The molecule has 3 aromatic rings. The predicted molar refractivity (Wildman–Crippen MR) is 158 cm³/mol. The Morgan fingerprint density at radius 1 is 0.897 bits per heavy atom. The lowest BCUT2D eigenvalue weighted by Crippen LogP contribution is -2.53. The Balaban J connectivity index is 1.97. The molecule has 3 rings (SSSR count). The monoisotopic (exact) mass is 548 g/mol. The molecule has 2 atom stereocenters. The van der Waals surface area contributed by atoms with Gasteiger partial charge in [-0.25, -0.2) is 0 Å². The van der Waals surface area contributed by atoms with Crippen LogP contribution in [0.25, 0.3) is 0 Å². The average molecular weight is 549 g/mol. The Labute approximate surface area is 236 Å². The number of likely N-dealkylation sites (N-methyl/N-ethyl adjacent to an activating group) is 1. The summed E-state index contributed by atoms with van der Waals surface area (Å²) in [4.78, 5) is 28.0. The summed E-state index contributed by atoms with van der Waals surface area (Å²) in [7, 11) is 4.86. The first kappa shape index (κ1) is 30.1. The number of nitrogens with one attached hydrogen (secondary N) is 2. The summed E-state index contributed by atoms with van der Waals surface area (Å²) in [5, 5.41) is 5.81. The molecule has 0 radical (unpaired) electrons. The highest BCUT2D eigenvalue weighted by molar-refractivity contribution is 7.98. The molecule has 0 aliphatic carbocycles. The summed E-state index contributed by atoms with van der Waals surface area (Å²) in [6.07, 6.45) is 0.967. The molecular weight excluding hydrogens is 508 g/mol. The van der Waals surface area contributed by atoms with E-state index in [9.17, 15) is 9.59 Å². The van der Waals surface area contributed by atoms with Gasteiger partial charge in [-0.05, 0) is 54.2 Å². The van der Waals surface area contributed by atoms with Crippen LogP contribution in [0.4, 0.5) is 0 Å². The van der Waals surface area contributed by atoms with Gasteiger partial charge in [-0.2, -0.15) is 0 Å². The normalized spacial score (nSPS) is 13.3. The van der Waals surface area contributed by atoms with Gasteiger partial charge in [0.05, 0.1) is 24.5 Å². The Hall–Kier alpha value is -3.45. The standard InChI is InChI=1S/C32H40N2O4S/c1-22(2)20-32(3,26-13-10-14-28(38-6)29(26)39-21-24-11-8-7-9-12-24)31(36)34-27(30(35)33-4)19-23-15-17-25(37-5)18-16-23/h7-18,22,27H,19-21H2,1-6H3,(H,33,35)(H,34,36)/t27-,32?/m0/s1. The molecule has 0 bridgehead atoms. The quantitative estimate of drug-likeness (QED) is 0.265. The van der Waals surface area contributed by atoms with Gasteiger partial charge in [-0.1, -0.05) is 68.4 Å². The Morgan fingerprint density at radius 2 is 1.59 bits per heavy atom. The van der Waals surface area contributed by atoms with E-state index in [0.29, 0.717) is 12.8 Å². The van der Waals surface area contributed by atoms with Gasteiger partial charge in [0, 0.05) is 19.2 Å². The molecule has 0 aliphatic heterocycles. The van der Waals surface area contributed by atoms with E-state index in [2.05, 4.69) is 36.6 Å². The van der Waals surface area contributed by atoms with E-state index in [0.717, 1.165) is 33.3 Å². The summed E-state index contributed by atoms with van der Waals surface area (Å²) in [6, 6.07) is 22.9. The lowest BCUT2D eigenvalue weighted by atomic mass is 9.75. The Bertz CT molecular complexity index is 1230. The smallest absolute Gasteiger partial charge is 0.242 e. The second-order valence-corrected chi connectivity index (χ2v) is 11.2. The zero-order valence-electron chi connectivity index (χ0n) is 23.7. The lowest BCUT2D eigenvalue weighted by Gasteiger charge is -2.34. The minimum absolute atomic E-state index is 0.187. The van der Waals surface area contributed by atoms with E-state index < -0.39 is 11.5 Å². The van der Waals surface area contributed by atoms with Crippen molar-refractivity contribution in [3.63, 3.8) is 0 Å². The summed E-state index contributed by atoms with van der Waals surface area (Å²) >= 11 is 1.66. The average Bonchev–Trinajstić information content (AvgIpc) is 2.95. The summed E-state index contributed by atoms with van der Waals surface area (Å²) in [6.45, 7) is 6.18. The molecule has 208 valence electrons. The van der Waals surface area contributed by atoms with Crippen LogP contribution in [0.2, 0.25) is 0 Å². The maximum atomic E-state index is 14.2. The number of carbonyl (C=O) groups is 2. The lowest BCUT2D eigenvalue weighted by molar-refractivity contribution is -0.132. The van der Waals surface area contributed by atoms with Gasteiger partial charge in [0.2, 0.25) is 11.8 Å². The minimum Gasteiger partial charge on any atom is -0.497 e. The van der Waals surface area contributed by atoms with Gasteiger partial charge < -0.3 is 20.1 Å². The van der Waals surface area contributed by atoms with Crippen LogP contribution in [0.3, 0.4) is 0 Å². The molecule has 0 heterocycles. The van der Waals surface area contributed by atoms with Crippen LogP contribution in [0, 0.1) is 5.92 Å². The number of thioether (sulfide) groups is 1. The van der Waals surface area contributed by atoms with Crippen LogP contribution in [0.5, 0.6) is 11.5 Å². The molecule has 0 spiro atoms. The van der Waals surface area contributed by atoms with E-state index in [-0.39, 0.29) is 17.7 Å². The van der Waals surface area contributed by atoms with Crippen molar-refractivity contribution in [2.75, 3.05) is 21.3 Å². The molecule has 2 N–H and O–H groups in total. The van der Waals surface area contributed by atoms with Gasteiger partial charge >= 0.3 is 0 Å². The number of ether oxygens (including phenoxy) is 2. The zero-order valence-corrected chi connectivity index (χ0v) is 24.6. The third-order valence-corrected chi connectivity index (χ3v) is 7.99. The number of hydrogen-bond acceptors (Lipinski definition) is 5. The second-order valence-electron chi connectivity index (χ2n) is 10.2. The van der Waals surface area contributed by atoms with Gasteiger partial charge in [0.1, 0.15) is 17.5 Å². The molecule has 7 heteroatoms. The minimum atomic E-state index is -0.895. The van der Waals surface area contributed by atoms with Crippen LogP contribution in [-0.2, 0) is 27.2 Å². The highest BCUT2D eigenvalue weighted by Gasteiger charge is 2.40. The fourth-order valence-corrected chi connectivity index (χ4v) is 6.08. The van der Waals surface area contributed by atoms with Gasteiger partial charge in [-0.15, -0.1) is 11.8 Å². The van der Waals surface area contributed by atoms with E-state index in [1.54, 1.807) is 33.0 Å². The highest BCUT2D eigenvalue weighted by Crippen LogP contribution is 2.43. The molecule has 0 aromatic heterocycles. The third kappa shape index (κ3) is 7.79. The van der Waals surface area contributed by atoms with Crippen molar-refractivity contribution < 1.29 is 19.1 Å². The van der Waals surface area contributed by atoms with Crippen LogP contribution in [-0.4, -0.2) is 39.1 Å². The number of amides is 2. The SMILES string of the molecule is CNC(=O)[C@H](Cc1ccc(OC)cc1)NC(=O)C(C)(CC(C)C)c1cccc(OC)c1SCc1ccccc1. The van der Waals surface area contributed by atoms with Crippen molar-refractivity contribution >= 4 is 23.6 Å². The van der Waals surface area contributed by atoms with E-state index in [4.69, 9.17) is 9.47 Å².